The highest BCUT2D eigenvalue weighted by atomic mass is 32.1. The summed E-state index contributed by atoms with van der Waals surface area (Å²) in [5.74, 6) is 1.22. The van der Waals surface area contributed by atoms with Crippen molar-refractivity contribution in [1.82, 2.24) is 10.2 Å². The highest BCUT2D eigenvalue weighted by Crippen LogP contribution is 2.34. The van der Waals surface area contributed by atoms with Crippen LogP contribution < -0.4 is 5.32 Å². The van der Waals surface area contributed by atoms with E-state index in [0.717, 1.165) is 38.4 Å². The van der Waals surface area contributed by atoms with Crippen LogP contribution in [0, 0.1) is 11.8 Å². The molecule has 5 nitrogen and oxygen atoms in total. The van der Waals surface area contributed by atoms with Crippen LogP contribution in [0.25, 0.3) is 0 Å². The molecule has 128 valence electrons. The van der Waals surface area contributed by atoms with Crippen LogP contribution in [0.5, 0.6) is 0 Å². The minimum atomic E-state index is -0.0128. The van der Waals surface area contributed by atoms with Gasteiger partial charge >= 0.3 is 0 Å². The van der Waals surface area contributed by atoms with Gasteiger partial charge < -0.3 is 14.5 Å². The first-order chi connectivity index (χ1) is 11.8. The second-order valence-corrected chi connectivity index (χ2v) is 7.57. The second kappa shape index (κ2) is 7.09. The minimum absolute atomic E-state index is 0.0128. The fourth-order valence-corrected chi connectivity index (χ4v) is 4.55. The van der Waals surface area contributed by atoms with Crippen molar-refractivity contribution < 1.29 is 13.9 Å². The molecule has 2 saturated heterocycles. The van der Waals surface area contributed by atoms with Gasteiger partial charge in [-0.2, -0.15) is 0 Å². The maximum absolute atomic E-state index is 12.8. The fraction of sp³-hybridized carbons (Fsp3) is 0.500. The van der Waals surface area contributed by atoms with Gasteiger partial charge in [-0.3, -0.25) is 9.69 Å². The molecule has 2 aliphatic heterocycles. The van der Waals surface area contributed by atoms with E-state index in [1.807, 2.05) is 12.1 Å². The Hall–Kier alpha value is -1.63. The Bertz CT molecular complexity index is 656. The highest BCUT2D eigenvalue weighted by Gasteiger charge is 2.43. The third-order valence-electron chi connectivity index (χ3n) is 4.98. The van der Waals surface area contributed by atoms with Crippen LogP contribution in [0.1, 0.15) is 17.1 Å². The second-order valence-electron chi connectivity index (χ2n) is 6.54. The molecule has 2 aliphatic rings. The van der Waals surface area contributed by atoms with Crippen molar-refractivity contribution in [3.05, 3.63) is 46.5 Å². The number of fused-ring (bicyclic) bond motifs is 1. The van der Waals surface area contributed by atoms with Crippen molar-refractivity contribution in [3.63, 3.8) is 0 Å². The molecular weight excluding hydrogens is 324 g/mol. The molecule has 24 heavy (non-hydrogen) atoms. The molecule has 1 amide bonds. The van der Waals surface area contributed by atoms with E-state index in [4.69, 9.17) is 9.15 Å². The fourth-order valence-electron chi connectivity index (χ4n) is 3.80. The Labute approximate surface area is 145 Å². The molecule has 0 radical (unpaired) electrons. The Morgan fingerprint density at radius 3 is 3.08 bits per heavy atom. The third-order valence-corrected chi connectivity index (χ3v) is 5.84. The van der Waals surface area contributed by atoms with Gasteiger partial charge in [0.05, 0.1) is 24.8 Å². The van der Waals surface area contributed by atoms with E-state index in [0.29, 0.717) is 12.5 Å². The summed E-state index contributed by atoms with van der Waals surface area (Å²) in [6.07, 6.45) is 2.79. The lowest BCUT2D eigenvalue weighted by atomic mass is 9.82. The van der Waals surface area contributed by atoms with E-state index in [-0.39, 0.29) is 17.9 Å². The predicted molar refractivity (Wildman–Crippen MR) is 91.5 cm³/mol. The van der Waals surface area contributed by atoms with E-state index in [1.165, 1.54) is 4.88 Å². The lowest BCUT2D eigenvalue weighted by Crippen LogP contribution is -2.52. The van der Waals surface area contributed by atoms with E-state index in [9.17, 15) is 4.79 Å². The lowest BCUT2D eigenvalue weighted by Gasteiger charge is -2.39. The Morgan fingerprint density at radius 1 is 1.33 bits per heavy atom. The first-order valence-corrected chi connectivity index (χ1v) is 9.34. The van der Waals surface area contributed by atoms with Crippen molar-refractivity contribution in [2.24, 2.45) is 11.8 Å². The largest absolute Gasteiger partial charge is 0.467 e. The Balaban J connectivity index is 1.41. The molecule has 0 aromatic carbocycles. The van der Waals surface area contributed by atoms with Crippen LogP contribution in [-0.4, -0.2) is 36.6 Å². The van der Waals surface area contributed by atoms with Crippen molar-refractivity contribution >= 4 is 17.2 Å². The summed E-state index contributed by atoms with van der Waals surface area (Å²) in [5, 5.41) is 5.13. The van der Waals surface area contributed by atoms with Crippen molar-refractivity contribution in [1.29, 1.82) is 0 Å². The van der Waals surface area contributed by atoms with E-state index in [2.05, 4.69) is 27.7 Å². The number of nitrogens with one attached hydrogen (secondary N) is 1. The summed E-state index contributed by atoms with van der Waals surface area (Å²) < 4.78 is 11.2. The lowest BCUT2D eigenvalue weighted by molar-refractivity contribution is -0.131. The number of hydrogen-bond donors (Lipinski definition) is 1. The zero-order valence-electron chi connectivity index (χ0n) is 13.5. The number of ether oxygens (including phenoxy) is 1. The topological polar surface area (TPSA) is 54.7 Å². The van der Waals surface area contributed by atoms with Gasteiger partial charge in [0.2, 0.25) is 5.91 Å². The van der Waals surface area contributed by atoms with Gasteiger partial charge in [0.25, 0.3) is 0 Å². The average molecular weight is 346 g/mol. The number of amides is 1. The van der Waals surface area contributed by atoms with Gasteiger partial charge in [-0.15, -0.1) is 11.3 Å². The van der Waals surface area contributed by atoms with E-state index < -0.39 is 0 Å². The molecule has 4 heterocycles. The summed E-state index contributed by atoms with van der Waals surface area (Å²) in [7, 11) is 0. The molecule has 1 N–H and O–H groups in total. The molecule has 0 saturated carbocycles. The maximum atomic E-state index is 12.8. The minimum Gasteiger partial charge on any atom is -0.467 e. The van der Waals surface area contributed by atoms with Crippen LogP contribution >= 0.6 is 11.3 Å². The molecule has 3 atom stereocenters. The number of piperidine rings is 1. The monoisotopic (exact) mass is 346 g/mol. The Morgan fingerprint density at radius 2 is 2.29 bits per heavy atom. The molecule has 0 unspecified atom stereocenters. The molecular formula is C18H22N2O3S. The van der Waals surface area contributed by atoms with Crippen molar-refractivity contribution in [3.8, 4) is 0 Å². The molecule has 0 spiro atoms. The van der Waals surface area contributed by atoms with Gasteiger partial charge in [0, 0.05) is 37.0 Å². The quantitative estimate of drug-likeness (QED) is 0.904. The van der Waals surface area contributed by atoms with Crippen LogP contribution in [0.15, 0.2) is 40.3 Å². The van der Waals surface area contributed by atoms with E-state index >= 15 is 0 Å². The number of rotatable bonds is 5. The predicted octanol–water partition coefficient (Wildman–Crippen LogP) is 2.49. The number of thiophene rings is 1. The summed E-state index contributed by atoms with van der Waals surface area (Å²) >= 11 is 1.76. The van der Waals surface area contributed by atoms with Gasteiger partial charge in [-0.25, -0.2) is 0 Å². The van der Waals surface area contributed by atoms with Crippen molar-refractivity contribution in [2.45, 2.75) is 25.6 Å². The zero-order valence-corrected chi connectivity index (χ0v) is 14.3. The normalized spacial score (nSPS) is 27.1. The molecule has 4 rings (SSSR count). The Kier molecular flexibility index (Phi) is 4.69. The number of nitrogens with zero attached hydrogens (tertiary/aromatic N) is 1. The van der Waals surface area contributed by atoms with E-state index in [1.54, 1.807) is 17.6 Å². The molecule has 0 bridgehead atoms. The molecule has 6 heteroatoms. The van der Waals surface area contributed by atoms with Gasteiger partial charge in [-0.1, -0.05) is 6.07 Å². The average Bonchev–Trinajstić information content (AvgIpc) is 3.33. The van der Waals surface area contributed by atoms with Crippen LogP contribution in [0.4, 0.5) is 0 Å². The highest BCUT2D eigenvalue weighted by molar-refractivity contribution is 7.09. The number of hydrogen-bond acceptors (Lipinski definition) is 5. The molecule has 2 fully saturated rings. The summed E-state index contributed by atoms with van der Waals surface area (Å²) in [4.78, 5) is 16.4. The first kappa shape index (κ1) is 15.9. The molecule has 2 aromatic heterocycles. The summed E-state index contributed by atoms with van der Waals surface area (Å²) in [6.45, 7) is 3.83. The third kappa shape index (κ3) is 3.41. The molecule has 0 aliphatic carbocycles. The van der Waals surface area contributed by atoms with Gasteiger partial charge in [-0.05, 0) is 30.0 Å². The SMILES string of the molecule is O=C(NCc1ccco1)[C@@H]1CN(Cc2cccs2)C[C@H]2OCC[C@H]21. The van der Waals surface area contributed by atoms with Crippen LogP contribution in [0.3, 0.4) is 0 Å². The van der Waals surface area contributed by atoms with Crippen molar-refractivity contribution in [2.75, 3.05) is 19.7 Å². The smallest absolute Gasteiger partial charge is 0.225 e. The number of carbonyl (C=O) groups is 1. The van der Waals surface area contributed by atoms with Gasteiger partial charge in [0.1, 0.15) is 5.76 Å². The summed E-state index contributed by atoms with van der Waals surface area (Å²) in [6, 6.07) is 7.95. The number of furan rings is 1. The number of carbonyl (C=O) groups excluding carboxylic acids is 1. The number of likely N-dealkylation sites (tertiary alicyclic amines) is 1. The standard InChI is InChI=1S/C18H22N2O3S/c21-18(19-9-13-3-1-6-22-13)16-11-20(10-14-4-2-8-24-14)12-17-15(16)5-7-23-17/h1-4,6,8,15-17H,5,7,9-12H2,(H,19,21)/t15-,16+,17+/m0/s1. The maximum Gasteiger partial charge on any atom is 0.225 e. The summed E-state index contributed by atoms with van der Waals surface area (Å²) in [5.41, 5.74) is 0. The van der Waals surface area contributed by atoms with Crippen LogP contribution in [-0.2, 0) is 22.6 Å². The first-order valence-electron chi connectivity index (χ1n) is 8.46. The van der Waals surface area contributed by atoms with Crippen LogP contribution in [0.2, 0.25) is 0 Å². The van der Waals surface area contributed by atoms with Gasteiger partial charge in [0.15, 0.2) is 0 Å². The molecule has 2 aromatic rings. The zero-order chi connectivity index (χ0) is 16.4.